The largest absolute Gasteiger partial charge is 0.391 e. The monoisotopic (exact) mass is 355 g/mol. The van der Waals surface area contributed by atoms with E-state index in [0.29, 0.717) is 18.1 Å². The van der Waals surface area contributed by atoms with Crippen LogP contribution in [-0.4, -0.2) is 39.4 Å². The Labute approximate surface area is 145 Å². The SMILES string of the molecule is Cc1csc(SC2CCC(NC(=O)[C@H]3C[C@@H](N)[C@H](O)C3)CC2)n1. The van der Waals surface area contributed by atoms with Crippen molar-refractivity contribution < 1.29 is 9.90 Å². The number of thioether (sulfide) groups is 1. The fourth-order valence-electron chi connectivity index (χ4n) is 3.44. The van der Waals surface area contributed by atoms with E-state index in [4.69, 9.17) is 5.73 Å². The van der Waals surface area contributed by atoms with Crippen molar-refractivity contribution >= 4 is 29.0 Å². The highest BCUT2D eigenvalue weighted by molar-refractivity contribution is 8.01. The average Bonchev–Trinajstić information content (AvgIpc) is 3.07. The number of thiazole rings is 1. The van der Waals surface area contributed by atoms with E-state index in [1.165, 1.54) is 0 Å². The summed E-state index contributed by atoms with van der Waals surface area (Å²) < 4.78 is 1.16. The van der Waals surface area contributed by atoms with E-state index in [-0.39, 0.29) is 23.9 Å². The van der Waals surface area contributed by atoms with Gasteiger partial charge in [-0.05, 0) is 45.4 Å². The molecule has 0 spiro atoms. The minimum absolute atomic E-state index is 0.0728. The molecule has 2 saturated carbocycles. The Morgan fingerprint density at radius 1 is 1.39 bits per heavy atom. The quantitative estimate of drug-likeness (QED) is 0.769. The normalized spacial score (nSPS) is 34.5. The van der Waals surface area contributed by atoms with Gasteiger partial charge in [-0.2, -0.15) is 0 Å². The fourth-order valence-corrected chi connectivity index (χ4v) is 5.72. The van der Waals surface area contributed by atoms with Crippen molar-refractivity contribution in [2.24, 2.45) is 11.7 Å². The highest BCUT2D eigenvalue weighted by atomic mass is 32.2. The maximum Gasteiger partial charge on any atom is 0.223 e. The highest BCUT2D eigenvalue weighted by Crippen LogP contribution is 2.35. The number of carbonyl (C=O) groups excluding carboxylic acids is 1. The Kier molecular flexibility index (Phi) is 5.61. The van der Waals surface area contributed by atoms with E-state index in [9.17, 15) is 9.90 Å². The third kappa shape index (κ3) is 4.47. The van der Waals surface area contributed by atoms with Gasteiger partial charge in [0.05, 0.1) is 6.10 Å². The standard InChI is InChI=1S/C16H25N3O2S2/c1-9-8-22-16(18-9)23-12-4-2-11(3-5-12)19-15(21)10-6-13(17)14(20)7-10/h8,10-14,20H,2-7,17H2,1H3,(H,19,21)/t10-,11?,12?,13+,14+/m0/s1. The molecule has 3 rings (SSSR count). The molecule has 4 N–H and O–H groups in total. The number of aromatic nitrogens is 1. The second-order valence-corrected chi connectivity index (χ2v) is 9.16. The molecule has 0 bridgehead atoms. The number of nitrogens with one attached hydrogen (secondary N) is 1. The third-order valence-corrected chi connectivity index (χ3v) is 7.26. The molecule has 1 heterocycles. The van der Waals surface area contributed by atoms with Crippen molar-refractivity contribution in [1.82, 2.24) is 10.3 Å². The third-order valence-electron chi connectivity index (χ3n) is 4.83. The molecule has 7 heteroatoms. The molecule has 0 radical (unpaired) electrons. The zero-order valence-corrected chi connectivity index (χ0v) is 15.0. The van der Waals surface area contributed by atoms with Gasteiger partial charge in [0.15, 0.2) is 0 Å². The maximum absolute atomic E-state index is 12.3. The van der Waals surface area contributed by atoms with Crippen LogP contribution < -0.4 is 11.1 Å². The molecule has 2 aliphatic rings. The predicted molar refractivity (Wildman–Crippen MR) is 93.6 cm³/mol. The van der Waals surface area contributed by atoms with Crippen LogP contribution in [0.15, 0.2) is 9.72 Å². The molecular formula is C16H25N3O2S2. The van der Waals surface area contributed by atoms with Gasteiger partial charge >= 0.3 is 0 Å². The van der Waals surface area contributed by atoms with Crippen molar-refractivity contribution in [3.63, 3.8) is 0 Å². The lowest BCUT2D eigenvalue weighted by atomic mass is 9.94. The average molecular weight is 356 g/mol. The second-order valence-electron chi connectivity index (χ2n) is 6.75. The summed E-state index contributed by atoms with van der Waals surface area (Å²) >= 11 is 3.60. The molecule has 128 valence electrons. The molecule has 1 aromatic rings. The van der Waals surface area contributed by atoms with Crippen LogP contribution in [-0.2, 0) is 4.79 Å². The number of carbonyl (C=O) groups is 1. The Morgan fingerprint density at radius 3 is 2.70 bits per heavy atom. The zero-order valence-electron chi connectivity index (χ0n) is 13.4. The molecule has 5 nitrogen and oxygen atoms in total. The van der Waals surface area contributed by atoms with Crippen molar-refractivity contribution in [3.8, 4) is 0 Å². The molecule has 0 unspecified atom stereocenters. The molecular weight excluding hydrogens is 330 g/mol. The van der Waals surface area contributed by atoms with Gasteiger partial charge in [-0.25, -0.2) is 4.98 Å². The van der Waals surface area contributed by atoms with Crippen LogP contribution in [0, 0.1) is 12.8 Å². The summed E-state index contributed by atoms with van der Waals surface area (Å²) in [6, 6.07) is 0.0194. The molecule has 0 aliphatic heterocycles. The number of hydrogen-bond acceptors (Lipinski definition) is 6. The van der Waals surface area contributed by atoms with E-state index >= 15 is 0 Å². The number of nitrogens with two attached hydrogens (primary N) is 1. The van der Waals surface area contributed by atoms with Crippen LogP contribution in [0.25, 0.3) is 0 Å². The van der Waals surface area contributed by atoms with Gasteiger partial charge in [0.2, 0.25) is 5.91 Å². The molecule has 0 aromatic carbocycles. The van der Waals surface area contributed by atoms with Crippen LogP contribution in [0.5, 0.6) is 0 Å². The summed E-state index contributed by atoms with van der Waals surface area (Å²) in [5, 5.41) is 15.5. The molecule has 0 saturated heterocycles. The Hall–Kier alpha value is -0.630. The summed E-state index contributed by atoms with van der Waals surface area (Å²) in [4.78, 5) is 16.8. The smallest absolute Gasteiger partial charge is 0.223 e. The Balaban J connectivity index is 1.41. The van der Waals surface area contributed by atoms with Gasteiger partial charge in [0.1, 0.15) is 4.34 Å². The minimum atomic E-state index is -0.528. The van der Waals surface area contributed by atoms with Crippen molar-refractivity contribution in [2.75, 3.05) is 0 Å². The second kappa shape index (κ2) is 7.51. The van der Waals surface area contributed by atoms with Crippen molar-refractivity contribution in [3.05, 3.63) is 11.1 Å². The lowest BCUT2D eigenvalue weighted by molar-refractivity contribution is -0.126. The Bertz CT molecular complexity index is 533. The van der Waals surface area contributed by atoms with E-state index in [1.54, 1.807) is 11.3 Å². The first kappa shape index (κ1) is 17.2. The van der Waals surface area contributed by atoms with Gasteiger partial charge < -0.3 is 16.2 Å². The molecule has 1 amide bonds. The number of nitrogens with zero attached hydrogens (tertiary/aromatic N) is 1. The van der Waals surface area contributed by atoms with E-state index in [0.717, 1.165) is 35.7 Å². The molecule has 1 aromatic heterocycles. The fraction of sp³-hybridized carbons (Fsp3) is 0.750. The Morgan fingerprint density at radius 2 is 2.13 bits per heavy atom. The summed E-state index contributed by atoms with van der Waals surface area (Å²) in [6.07, 6.45) is 4.84. The summed E-state index contributed by atoms with van der Waals surface area (Å²) in [5.41, 5.74) is 6.89. The zero-order chi connectivity index (χ0) is 16.4. The first-order valence-corrected chi connectivity index (χ1v) is 10.1. The summed E-state index contributed by atoms with van der Waals surface area (Å²) in [5.74, 6) is -0.0472. The van der Waals surface area contributed by atoms with Gasteiger partial charge in [-0.15, -0.1) is 11.3 Å². The van der Waals surface area contributed by atoms with Crippen molar-refractivity contribution in [1.29, 1.82) is 0 Å². The molecule has 2 fully saturated rings. The molecule has 3 atom stereocenters. The number of aryl methyl sites for hydroxylation is 1. The highest BCUT2D eigenvalue weighted by Gasteiger charge is 2.35. The predicted octanol–water partition coefficient (Wildman–Crippen LogP) is 2.07. The summed E-state index contributed by atoms with van der Waals surface area (Å²) in [6.45, 7) is 2.03. The van der Waals surface area contributed by atoms with Crippen LogP contribution in [0.3, 0.4) is 0 Å². The number of aliphatic hydroxyl groups excluding tert-OH is 1. The first-order valence-electron chi connectivity index (χ1n) is 8.34. The molecule has 2 aliphatic carbocycles. The van der Waals surface area contributed by atoms with Gasteiger partial charge in [0, 0.05) is 34.3 Å². The molecule has 23 heavy (non-hydrogen) atoms. The van der Waals surface area contributed by atoms with Gasteiger partial charge in [-0.1, -0.05) is 11.8 Å². The summed E-state index contributed by atoms with van der Waals surface area (Å²) in [7, 11) is 0. The number of aliphatic hydroxyl groups is 1. The lowest BCUT2D eigenvalue weighted by Gasteiger charge is -2.29. The van der Waals surface area contributed by atoms with Crippen LogP contribution in [0.2, 0.25) is 0 Å². The number of amides is 1. The van der Waals surface area contributed by atoms with E-state index in [2.05, 4.69) is 15.7 Å². The van der Waals surface area contributed by atoms with Crippen molar-refractivity contribution in [2.45, 2.75) is 73.2 Å². The lowest BCUT2D eigenvalue weighted by Crippen LogP contribution is -2.41. The van der Waals surface area contributed by atoms with Crippen LogP contribution in [0.1, 0.15) is 44.2 Å². The van der Waals surface area contributed by atoms with E-state index in [1.807, 2.05) is 18.7 Å². The van der Waals surface area contributed by atoms with Gasteiger partial charge in [0.25, 0.3) is 0 Å². The number of rotatable bonds is 4. The van der Waals surface area contributed by atoms with Crippen LogP contribution in [0.4, 0.5) is 0 Å². The van der Waals surface area contributed by atoms with E-state index < -0.39 is 6.10 Å². The first-order chi connectivity index (χ1) is 11.0. The van der Waals surface area contributed by atoms with Gasteiger partial charge in [-0.3, -0.25) is 4.79 Å². The number of hydrogen-bond donors (Lipinski definition) is 3. The maximum atomic E-state index is 12.3. The minimum Gasteiger partial charge on any atom is -0.391 e. The van der Waals surface area contributed by atoms with Crippen LogP contribution >= 0.6 is 23.1 Å². The topological polar surface area (TPSA) is 88.2 Å².